The zero-order valence-electron chi connectivity index (χ0n) is 13.6. The number of ether oxygens (including phenoxy) is 1. The van der Waals surface area contributed by atoms with Gasteiger partial charge in [-0.25, -0.2) is 0 Å². The van der Waals surface area contributed by atoms with E-state index in [4.69, 9.17) is 4.74 Å². The molecule has 3 fully saturated rings. The fourth-order valence-electron chi connectivity index (χ4n) is 4.02. The topological polar surface area (TPSA) is 32.8 Å². The second-order valence-electron chi connectivity index (χ2n) is 7.00. The minimum absolute atomic E-state index is 0.223. The average molecular weight is 294 g/mol. The van der Waals surface area contributed by atoms with Crippen LogP contribution in [-0.2, 0) is 9.53 Å². The van der Waals surface area contributed by atoms with E-state index in [2.05, 4.69) is 16.7 Å². The van der Waals surface area contributed by atoms with Gasteiger partial charge in [0.25, 0.3) is 5.91 Å². The number of hydrogen-bond acceptors (Lipinski definition) is 3. The fraction of sp³-hybridized carbons (Fsp3) is 0.941. The van der Waals surface area contributed by atoms with Crippen molar-refractivity contribution in [3.05, 3.63) is 0 Å². The molecule has 3 atom stereocenters. The minimum atomic E-state index is -0.261. The van der Waals surface area contributed by atoms with Gasteiger partial charge in [-0.15, -0.1) is 0 Å². The van der Waals surface area contributed by atoms with E-state index in [9.17, 15) is 4.79 Å². The molecular weight excluding hydrogens is 264 g/mol. The molecule has 2 saturated heterocycles. The number of likely N-dealkylation sites (tertiary alicyclic amines) is 2. The molecule has 120 valence electrons. The number of likely N-dealkylation sites (N-methyl/N-ethyl adjacent to an activating group) is 1. The van der Waals surface area contributed by atoms with Gasteiger partial charge in [0.2, 0.25) is 0 Å². The maximum absolute atomic E-state index is 12.7. The molecule has 0 aromatic carbocycles. The molecule has 0 aromatic rings. The molecule has 3 aliphatic rings. The number of rotatable bonds is 6. The van der Waals surface area contributed by atoms with E-state index in [1.54, 1.807) is 0 Å². The van der Waals surface area contributed by atoms with Crippen molar-refractivity contribution in [1.29, 1.82) is 0 Å². The molecule has 0 spiro atoms. The molecule has 21 heavy (non-hydrogen) atoms. The van der Waals surface area contributed by atoms with Crippen LogP contribution in [0, 0.1) is 5.92 Å². The molecule has 0 aromatic heterocycles. The van der Waals surface area contributed by atoms with Crippen LogP contribution in [0.1, 0.15) is 52.4 Å². The van der Waals surface area contributed by atoms with Gasteiger partial charge in [-0.2, -0.15) is 0 Å². The number of hydrogen-bond donors (Lipinski definition) is 0. The van der Waals surface area contributed by atoms with Gasteiger partial charge in [0.05, 0.1) is 6.61 Å². The van der Waals surface area contributed by atoms with Crippen molar-refractivity contribution < 1.29 is 9.53 Å². The van der Waals surface area contributed by atoms with Crippen LogP contribution in [-0.4, -0.2) is 60.1 Å². The van der Waals surface area contributed by atoms with Gasteiger partial charge in [0.15, 0.2) is 0 Å². The minimum Gasteiger partial charge on any atom is -0.368 e. The second-order valence-corrected chi connectivity index (χ2v) is 7.00. The van der Waals surface area contributed by atoms with Crippen LogP contribution in [0.3, 0.4) is 0 Å². The Balaban J connectivity index is 1.58. The van der Waals surface area contributed by atoms with Crippen molar-refractivity contribution in [1.82, 2.24) is 9.80 Å². The Kier molecular flexibility index (Phi) is 4.85. The maximum atomic E-state index is 12.7. The molecule has 1 saturated carbocycles. The van der Waals surface area contributed by atoms with Crippen LogP contribution in [0.15, 0.2) is 0 Å². The van der Waals surface area contributed by atoms with E-state index in [1.165, 1.54) is 38.6 Å². The summed E-state index contributed by atoms with van der Waals surface area (Å²) < 4.78 is 5.80. The molecule has 4 heteroatoms. The Morgan fingerprint density at radius 1 is 1.14 bits per heavy atom. The largest absolute Gasteiger partial charge is 0.368 e. The monoisotopic (exact) mass is 294 g/mol. The third-order valence-electron chi connectivity index (χ3n) is 5.47. The number of nitrogens with zero attached hydrogens (tertiary/aromatic N) is 2. The zero-order valence-corrected chi connectivity index (χ0v) is 13.6. The predicted molar refractivity (Wildman–Crippen MR) is 83.1 cm³/mol. The van der Waals surface area contributed by atoms with Gasteiger partial charge >= 0.3 is 0 Å². The molecule has 0 radical (unpaired) electrons. The number of carbonyl (C=O) groups is 1. The van der Waals surface area contributed by atoms with E-state index < -0.39 is 0 Å². The van der Waals surface area contributed by atoms with Crippen molar-refractivity contribution in [2.45, 2.75) is 70.6 Å². The first-order valence-electron chi connectivity index (χ1n) is 8.86. The Morgan fingerprint density at radius 2 is 1.86 bits per heavy atom. The van der Waals surface area contributed by atoms with Gasteiger partial charge in [-0.3, -0.25) is 9.69 Å². The SMILES string of the molecule is CCN1CCC[C@@H]1[C@@H]1CCCN1C(=O)[C@@H](C)OCC1CC1. The normalized spacial score (nSPS) is 31.8. The third-order valence-corrected chi connectivity index (χ3v) is 5.47. The van der Waals surface area contributed by atoms with Gasteiger partial charge in [-0.1, -0.05) is 6.92 Å². The summed E-state index contributed by atoms with van der Waals surface area (Å²) in [5.41, 5.74) is 0. The number of carbonyl (C=O) groups excluding carboxylic acids is 1. The Morgan fingerprint density at radius 3 is 2.57 bits per heavy atom. The summed E-state index contributed by atoms with van der Waals surface area (Å²) in [4.78, 5) is 17.4. The molecule has 3 rings (SSSR count). The van der Waals surface area contributed by atoms with Gasteiger partial charge in [0.1, 0.15) is 6.10 Å². The number of amides is 1. The second kappa shape index (κ2) is 6.66. The van der Waals surface area contributed by atoms with Crippen LogP contribution in [0.4, 0.5) is 0 Å². The molecule has 0 bridgehead atoms. The van der Waals surface area contributed by atoms with E-state index in [1.807, 2.05) is 6.92 Å². The molecule has 0 unspecified atom stereocenters. The first-order chi connectivity index (χ1) is 10.2. The summed E-state index contributed by atoms with van der Waals surface area (Å²) in [5.74, 6) is 0.946. The Bertz CT molecular complexity index is 370. The maximum Gasteiger partial charge on any atom is 0.251 e. The van der Waals surface area contributed by atoms with Gasteiger partial charge < -0.3 is 9.64 Å². The molecule has 2 heterocycles. The highest BCUT2D eigenvalue weighted by atomic mass is 16.5. The summed E-state index contributed by atoms with van der Waals surface area (Å²) in [7, 11) is 0. The highest BCUT2D eigenvalue weighted by Crippen LogP contribution is 2.31. The molecular formula is C17H30N2O2. The van der Waals surface area contributed by atoms with Crippen molar-refractivity contribution in [3.8, 4) is 0 Å². The lowest BCUT2D eigenvalue weighted by atomic mass is 10.0. The first-order valence-corrected chi connectivity index (χ1v) is 8.86. The Labute approximate surface area is 128 Å². The summed E-state index contributed by atoms with van der Waals surface area (Å²) >= 11 is 0. The fourth-order valence-corrected chi connectivity index (χ4v) is 4.02. The van der Waals surface area contributed by atoms with E-state index in [-0.39, 0.29) is 12.0 Å². The van der Waals surface area contributed by atoms with Crippen LogP contribution in [0.5, 0.6) is 0 Å². The van der Waals surface area contributed by atoms with Crippen LogP contribution >= 0.6 is 0 Å². The first kappa shape index (κ1) is 15.3. The lowest BCUT2D eigenvalue weighted by Gasteiger charge is -2.35. The van der Waals surface area contributed by atoms with E-state index in [0.717, 1.165) is 32.0 Å². The van der Waals surface area contributed by atoms with Crippen LogP contribution in [0.25, 0.3) is 0 Å². The summed E-state index contributed by atoms with van der Waals surface area (Å²) in [6, 6.07) is 1.00. The van der Waals surface area contributed by atoms with Crippen LogP contribution in [0.2, 0.25) is 0 Å². The van der Waals surface area contributed by atoms with E-state index >= 15 is 0 Å². The highest BCUT2D eigenvalue weighted by molar-refractivity contribution is 5.81. The van der Waals surface area contributed by atoms with Gasteiger partial charge in [0, 0.05) is 18.6 Å². The van der Waals surface area contributed by atoms with Crippen molar-refractivity contribution in [2.24, 2.45) is 5.92 Å². The van der Waals surface area contributed by atoms with E-state index in [0.29, 0.717) is 12.1 Å². The lowest BCUT2D eigenvalue weighted by molar-refractivity contribution is -0.144. The molecule has 0 N–H and O–H groups in total. The molecule has 1 amide bonds. The summed E-state index contributed by atoms with van der Waals surface area (Å²) in [5, 5.41) is 0. The molecule has 2 aliphatic heterocycles. The Hall–Kier alpha value is -0.610. The predicted octanol–water partition coefficient (Wildman–Crippen LogP) is 2.28. The molecule has 1 aliphatic carbocycles. The van der Waals surface area contributed by atoms with Crippen molar-refractivity contribution in [2.75, 3.05) is 26.2 Å². The highest BCUT2D eigenvalue weighted by Gasteiger charge is 2.40. The zero-order chi connectivity index (χ0) is 14.8. The lowest BCUT2D eigenvalue weighted by Crippen LogP contribution is -2.50. The molecule has 4 nitrogen and oxygen atoms in total. The van der Waals surface area contributed by atoms with Crippen molar-refractivity contribution in [3.63, 3.8) is 0 Å². The smallest absolute Gasteiger partial charge is 0.251 e. The average Bonchev–Trinajstić information content (AvgIpc) is 3.02. The quantitative estimate of drug-likeness (QED) is 0.753. The van der Waals surface area contributed by atoms with Gasteiger partial charge in [-0.05, 0) is 64.5 Å². The standard InChI is InChI=1S/C17H30N2O2/c1-3-18-10-4-6-15(18)16-7-5-11-19(16)17(20)13(2)21-12-14-8-9-14/h13-16H,3-12H2,1-2H3/t13-,15-,16+/m1/s1. The third kappa shape index (κ3) is 3.42. The van der Waals surface area contributed by atoms with Crippen molar-refractivity contribution >= 4 is 5.91 Å². The van der Waals surface area contributed by atoms with Crippen LogP contribution < -0.4 is 0 Å². The summed E-state index contributed by atoms with van der Waals surface area (Å²) in [6.07, 6.45) is 7.15. The summed E-state index contributed by atoms with van der Waals surface area (Å²) in [6.45, 7) is 8.18.